The molecule has 0 radical (unpaired) electrons. The molecule has 24 valence electrons. The third kappa shape index (κ3) is 30.7. The molecule has 0 unspecified atom stereocenters. The van der Waals surface area contributed by atoms with Gasteiger partial charge in [0.15, 0.2) is 0 Å². The second-order valence-electron chi connectivity index (χ2n) is 0. The molecular weight excluding hydrogens is 142 g/mol. The molecule has 0 atom stereocenters. The van der Waals surface area contributed by atoms with Crippen molar-refractivity contribution in [2.75, 3.05) is 0 Å². The minimum atomic E-state index is 0. The van der Waals surface area contributed by atoms with Gasteiger partial charge in [-0.3, -0.25) is 0 Å². The van der Waals surface area contributed by atoms with Gasteiger partial charge in [-0.25, -0.2) is 0 Å². The van der Waals surface area contributed by atoms with Crippen molar-refractivity contribution in [2.45, 2.75) is 0 Å². The van der Waals surface area contributed by atoms with E-state index in [1.165, 1.54) is 0 Å². The molecule has 0 amide bonds. The van der Waals surface area contributed by atoms with E-state index in [0.29, 0.717) is 0 Å². The Labute approximate surface area is 95.6 Å². The summed E-state index contributed by atoms with van der Waals surface area (Å²) in [5, 5.41) is 0. The van der Waals surface area contributed by atoms with Crippen LogP contribution >= 0.6 is 0 Å². The molecule has 0 aromatic carbocycles. The summed E-state index contributed by atoms with van der Waals surface area (Å²) < 4.78 is 0. The molecular formula is Na2O3Ti. The van der Waals surface area contributed by atoms with Crippen LogP contribution in [0.3, 0.4) is 0 Å². The summed E-state index contributed by atoms with van der Waals surface area (Å²) >= 11 is 0. The fourth-order valence-corrected chi connectivity index (χ4v) is 0. The molecule has 0 saturated carbocycles. The standard InChI is InChI=1S/2Na.3O.Ti/q2*+1;3*-2;+4. The molecule has 6 heteroatoms. The Balaban J connectivity index is 0. The van der Waals surface area contributed by atoms with E-state index >= 15 is 0 Å². The van der Waals surface area contributed by atoms with Gasteiger partial charge in [0.25, 0.3) is 0 Å². The molecule has 0 spiro atoms. The van der Waals surface area contributed by atoms with Crippen LogP contribution in [0.2, 0.25) is 0 Å². The van der Waals surface area contributed by atoms with Gasteiger partial charge >= 0.3 is 80.8 Å². The number of rotatable bonds is 0. The first-order valence-electron chi connectivity index (χ1n) is 0. The fourth-order valence-electron chi connectivity index (χ4n) is 0. The predicted octanol–water partition coefficient (Wildman–Crippen LogP) is -6.35. The maximum atomic E-state index is 0. The summed E-state index contributed by atoms with van der Waals surface area (Å²) in [6.07, 6.45) is 0. The first-order chi connectivity index (χ1) is 0. The average molecular weight is 142 g/mol. The van der Waals surface area contributed by atoms with Gasteiger partial charge in [-0.05, 0) is 0 Å². The van der Waals surface area contributed by atoms with E-state index in [-0.39, 0.29) is 97.3 Å². The van der Waals surface area contributed by atoms with E-state index in [0.717, 1.165) is 0 Å². The summed E-state index contributed by atoms with van der Waals surface area (Å²) in [5.41, 5.74) is 0. The van der Waals surface area contributed by atoms with Crippen LogP contribution in [0, 0.1) is 0 Å². The molecule has 0 N–H and O–H groups in total. The van der Waals surface area contributed by atoms with Gasteiger partial charge in [-0.1, -0.05) is 0 Å². The smallest absolute Gasteiger partial charge is 2.00 e. The first kappa shape index (κ1) is 73.6. The molecule has 0 fully saturated rings. The second kappa shape index (κ2) is 49.1. The quantitative estimate of drug-likeness (QED) is 0.301. The molecule has 3 nitrogen and oxygen atoms in total. The molecule has 0 aliphatic carbocycles. The summed E-state index contributed by atoms with van der Waals surface area (Å²) in [6.45, 7) is 0. The molecule has 0 rings (SSSR count). The Hall–Kier alpha value is 2.59. The molecule has 0 saturated heterocycles. The van der Waals surface area contributed by atoms with Crippen molar-refractivity contribution in [3.63, 3.8) is 0 Å². The zero-order valence-electron chi connectivity index (χ0n) is 3.72. The van der Waals surface area contributed by atoms with Gasteiger partial charge in [0.2, 0.25) is 0 Å². The van der Waals surface area contributed by atoms with Crippen molar-refractivity contribution >= 4 is 0 Å². The Morgan fingerprint density at radius 1 is 0.500 bits per heavy atom. The Morgan fingerprint density at radius 2 is 0.500 bits per heavy atom. The van der Waals surface area contributed by atoms with Crippen LogP contribution in [0.5, 0.6) is 0 Å². The Morgan fingerprint density at radius 3 is 0.500 bits per heavy atom. The summed E-state index contributed by atoms with van der Waals surface area (Å²) in [7, 11) is 0. The summed E-state index contributed by atoms with van der Waals surface area (Å²) in [5.74, 6) is 0. The van der Waals surface area contributed by atoms with Crippen LogP contribution in [0.1, 0.15) is 0 Å². The zero-order chi connectivity index (χ0) is 0. The Kier molecular flexibility index (Phi) is 602. The van der Waals surface area contributed by atoms with Crippen molar-refractivity contribution < 1.29 is 97.3 Å². The minimum absolute atomic E-state index is 0. The SMILES string of the molecule is [Na+].[Na+].[O-2].[O-2].[O-2].[Ti+4]. The van der Waals surface area contributed by atoms with Crippen LogP contribution in [0.15, 0.2) is 0 Å². The van der Waals surface area contributed by atoms with E-state index in [4.69, 9.17) is 0 Å². The number of hydrogen-bond donors (Lipinski definition) is 0. The Bertz CT molecular complexity index is 8.75. The van der Waals surface area contributed by atoms with Crippen LogP contribution < -0.4 is 59.1 Å². The van der Waals surface area contributed by atoms with Gasteiger partial charge in [0.05, 0.1) is 0 Å². The fraction of sp³-hybridized carbons (Fsp3) is 0. The van der Waals surface area contributed by atoms with Gasteiger partial charge in [0, 0.05) is 0 Å². The van der Waals surface area contributed by atoms with Crippen molar-refractivity contribution in [1.82, 2.24) is 0 Å². The van der Waals surface area contributed by atoms with Crippen LogP contribution in [0.25, 0.3) is 0 Å². The van der Waals surface area contributed by atoms with Gasteiger partial charge in [-0.2, -0.15) is 0 Å². The van der Waals surface area contributed by atoms with Gasteiger partial charge < -0.3 is 16.4 Å². The monoisotopic (exact) mass is 142 g/mol. The van der Waals surface area contributed by atoms with Crippen molar-refractivity contribution in [2.24, 2.45) is 0 Å². The van der Waals surface area contributed by atoms with E-state index in [9.17, 15) is 0 Å². The van der Waals surface area contributed by atoms with Crippen LogP contribution in [-0.4, -0.2) is 0 Å². The normalized spacial score (nSPS) is 0. The zero-order valence-corrected chi connectivity index (χ0v) is 9.29. The van der Waals surface area contributed by atoms with Crippen molar-refractivity contribution in [3.8, 4) is 0 Å². The van der Waals surface area contributed by atoms with E-state index in [1.54, 1.807) is 0 Å². The molecule has 0 aromatic rings. The first-order valence-corrected chi connectivity index (χ1v) is 0. The summed E-state index contributed by atoms with van der Waals surface area (Å²) in [6, 6.07) is 0. The number of hydrogen-bond acceptors (Lipinski definition) is 0. The summed E-state index contributed by atoms with van der Waals surface area (Å²) in [4.78, 5) is 0. The van der Waals surface area contributed by atoms with Crippen LogP contribution in [0.4, 0.5) is 0 Å². The molecule has 6 heavy (non-hydrogen) atoms. The minimum Gasteiger partial charge on any atom is -2.00 e. The van der Waals surface area contributed by atoms with Gasteiger partial charge in [-0.15, -0.1) is 0 Å². The van der Waals surface area contributed by atoms with E-state index in [2.05, 4.69) is 0 Å². The molecule has 0 bridgehead atoms. The topological polar surface area (TPSA) is 85.5 Å². The maximum Gasteiger partial charge on any atom is 4.00 e. The molecule has 0 aliphatic rings. The van der Waals surface area contributed by atoms with Crippen LogP contribution in [-0.2, 0) is 38.1 Å². The largest absolute Gasteiger partial charge is 4.00 e. The molecule has 0 aromatic heterocycles. The van der Waals surface area contributed by atoms with Crippen molar-refractivity contribution in [3.05, 3.63) is 0 Å². The van der Waals surface area contributed by atoms with Gasteiger partial charge in [0.1, 0.15) is 0 Å². The van der Waals surface area contributed by atoms with E-state index < -0.39 is 0 Å². The second-order valence-corrected chi connectivity index (χ2v) is 0. The van der Waals surface area contributed by atoms with E-state index in [1.807, 2.05) is 0 Å². The average Bonchev–Trinajstić information content (AvgIpc) is 0. The predicted molar refractivity (Wildman–Crippen MR) is 2.06 cm³/mol. The third-order valence-electron chi connectivity index (χ3n) is 0. The third-order valence-corrected chi connectivity index (χ3v) is 0. The van der Waals surface area contributed by atoms with Crippen molar-refractivity contribution in [1.29, 1.82) is 0 Å². The maximum absolute atomic E-state index is 0. The molecule has 0 aliphatic heterocycles. The molecule has 0 heterocycles.